The first-order valence-electron chi connectivity index (χ1n) is 7.40. The molecule has 0 fully saturated rings. The molecule has 0 saturated heterocycles. The Hall–Kier alpha value is -1.41. The van der Waals surface area contributed by atoms with Crippen molar-refractivity contribution in [2.45, 2.75) is 77.6 Å². The molecule has 2 heteroatoms. The van der Waals surface area contributed by atoms with Crippen LogP contribution in [-0.4, -0.2) is 11.1 Å². The van der Waals surface area contributed by atoms with Crippen molar-refractivity contribution in [3.05, 3.63) is 0 Å². The summed E-state index contributed by atoms with van der Waals surface area (Å²) in [5, 5.41) is 8.45. The molecule has 0 unspecified atom stereocenters. The lowest BCUT2D eigenvalue weighted by atomic mass is 10.1. The molecule has 106 valence electrons. The summed E-state index contributed by atoms with van der Waals surface area (Å²) in [6, 6.07) is 0. The van der Waals surface area contributed by atoms with E-state index in [1.54, 1.807) is 0 Å². The van der Waals surface area contributed by atoms with Crippen LogP contribution < -0.4 is 0 Å². The van der Waals surface area contributed by atoms with Crippen molar-refractivity contribution in [2.24, 2.45) is 0 Å². The van der Waals surface area contributed by atoms with E-state index in [0.29, 0.717) is 12.8 Å². The maximum atomic E-state index is 10.3. The smallest absolute Gasteiger partial charge is 0.303 e. The lowest BCUT2D eigenvalue weighted by Gasteiger charge is -1.94. The fraction of sp³-hybridized carbons (Fsp3) is 0.706. The maximum absolute atomic E-state index is 10.3. The van der Waals surface area contributed by atoms with Crippen LogP contribution in [-0.2, 0) is 4.79 Å². The molecule has 1 N–H and O–H groups in total. The van der Waals surface area contributed by atoms with Crippen LogP contribution in [0.15, 0.2) is 0 Å². The molecule has 0 saturated carbocycles. The van der Waals surface area contributed by atoms with Gasteiger partial charge in [0.1, 0.15) is 0 Å². The number of hydrogen-bond acceptors (Lipinski definition) is 1. The molecule has 0 aliphatic carbocycles. The first kappa shape index (κ1) is 17.6. The van der Waals surface area contributed by atoms with E-state index in [2.05, 4.69) is 30.6 Å². The van der Waals surface area contributed by atoms with Gasteiger partial charge in [0, 0.05) is 19.3 Å². The molecule has 0 heterocycles. The zero-order valence-electron chi connectivity index (χ0n) is 12.1. The highest BCUT2D eigenvalue weighted by Crippen LogP contribution is 2.03. The third-order valence-electron chi connectivity index (χ3n) is 2.77. The number of hydrogen-bond donors (Lipinski definition) is 1. The molecular weight excluding hydrogens is 236 g/mol. The van der Waals surface area contributed by atoms with Crippen LogP contribution in [0.25, 0.3) is 0 Å². The Morgan fingerprint density at radius 3 is 2.00 bits per heavy atom. The third kappa shape index (κ3) is 16.6. The number of carboxylic acids is 1. The zero-order chi connectivity index (χ0) is 14.2. The van der Waals surface area contributed by atoms with E-state index in [1.165, 1.54) is 32.1 Å². The Morgan fingerprint density at radius 1 is 0.842 bits per heavy atom. The summed E-state index contributed by atoms with van der Waals surface area (Å²) in [6.45, 7) is 2.22. The van der Waals surface area contributed by atoms with Crippen LogP contribution in [0.3, 0.4) is 0 Å². The summed E-state index contributed by atoms with van der Waals surface area (Å²) in [4.78, 5) is 10.3. The first-order valence-corrected chi connectivity index (χ1v) is 7.40. The number of rotatable bonds is 9. The summed E-state index contributed by atoms with van der Waals surface area (Å²) in [5.74, 6) is 11.5. The molecule has 0 amide bonds. The minimum absolute atomic E-state index is 0.250. The van der Waals surface area contributed by atoms with E-state index in [9.17, 15) is 4.79 Å². The van der Waals surface area contributed by atoms with Gasteiger partial charge in [0.25, 0.3) is 0 Å². The molecular formula is C17H26O2. The van der Waals surface area contributed by atoms with Crippen LogP contribution in [0, 0.1) is 23.7 Å². The van der Waals surface area contributed by atoms with E-state index in [1.807, 2.05) is 0 Å². The van der Waals surface area contributed by atoms with Crippen molar-refractivity contribution in [3.8, 4) is 23.7 Å². The van der Waals surface area contributed by atoms with Gasteiger partial charge in [-0.25, -0.2) is 0 Å². The highest BCUT2D eigenvalue weighted by molar-refractivity contribution is 5.66. The van der Waals surface area contributed by atoms with Gasteiger partial charge in [-0.05, 0) is 19.3 Å². The van der Waals surface area contributed by atoms with Crippen molar-refractivity contribution in [2.75, 3.05) is 0 Å². The minimum Gasteiger partial charge on any atom is -0.481 e. The summed E-state index contributed by atoms with van der Waals surface area (Å²) in [5.41, 5.74) is 0. The second kappa shape index (κ2) is 14.7. The molecule has 0 aliphatic heterocycles. The molecule has 0 aromatic carbocycles. The number of aliphatic carboxylic acids is 1. The first-order chi connectivity index (χ1) is 9.27. The molecule has 19 heavy (non-hydrogen) atoms. The Labute approximate surface area is 118 Å². The summed E-state index contributed by atoms with van der Waals surface area (Å²) < 4.78 is 0. The SMILES string of the molecule is CCCCCCCC#CCC#CCCCCC(=O)O. The Kier molecular flexibility index (Phi) is 13.6. The fourth-order valence-electron chi connectivity index (χ4n) is 1.65. The van der Waals surface area contributed by atoms with Gasteiger partial charge in [-0.3, -0.25) is 4.79 Å². The van der Waals surface area contributed by atoms with Crippen LogP contribution >= 0.6 is 0 Å². The van der Waals surface area contributed by atoms with E-state index >= 15 is 0 Å². The van der Waals surface area contributed by atoms with Gasteiger partial charge in [0.05, 0.1) is 6.42 Å². The molecule has 0 aromatic rings. The summed E-state index contributed by atoms with van der Waals surface area (Å²) in [6.07, 6.45) is 10.7. The summed E-state index contributed by atoms with van der Waals surface area (Å²) in [7, 11) is 0. The van der Waals surface area contributed by atoms with Crippen molar-refractivity contribution >= 4 is 5.97 Å². The van der Waals surface area contributed by atoms with Crippen molar-refractivity contribution in [1.82, 2.24) is 0 Å². The predicted molar refractivity (Wildman–Crippen MR) is 79.6 cm³/mol. The average molecular weight is 262 g/mol. The summed E-state index contributed by atoms with van der Waals surface area (Å²) >= 11 is 0. The predicted octanol–water partition coefficient (Wildman–Crippen LogP) is 4.39. The third-order valence-corrected chi connectivity index (χ3v) is 2.77. The molecule has 0 aliphatic rings. The van der Waals surface area contributed by atoms with Gasteiger partial charge >= 0.3 is 5.97 Å². The Balaban J connectivity index is 3.31. The van der Waals surface area contributed by atoms with Crippen LogP contribution in [0.5, 0.6) is 0 Å². The number of unbranched alkanes of at least 4 members (excludes halogenated alkanes) is 7. The second-order valence-electron chi connectivity index (χ2n) is 4.65. The lowest BCUT2D eigenvalue weighted by Crippen LogP contribution is -1.92. The van der Waals surface area contributed by atoms with Crippen LogP contribution in [0.2, 0.25) is 0 Å². The fourth-order valence-corrected chi connectivity index (χ4v) is 1.65. The molecule has 0 aromatic heterocycles. The van der Waals surface area contributed by atoms with Crippen LogP contribution in [0.1, 0.15) is 77.6 Å². The Morgan fingerprint density at radius 2 is 1.42 bits per heavy atom. The van der Waals surface area contributed by atoms with Crippen molar-refractivity contribution < 1.29 is 9.90 Å². The van der Waals surface area contributed by atoms with Crippen LogP contribution in [0.4, 0.5) is 0 Å². The number of carboxylic acid groups (broad SMARTS) is 1. The standard InChI is InChI=1S/C17H26O2/c1-2-3-4-5-6-7-8-9-10-11-12-13-14-15-16-17(18)19/h2-7,10,13-16H2,1H3,(H,18,19). The van der Waals surface area contributed by atoms with E-state index in [4.69, 9.17) is 5.11 Å². The quantitative estimate of drug-likeness (QED) is 0.494. The van der Waals surface area contributed by atoms with E-state index < -0.39 is 5.97 Å². The van der Waals surface area contributed by atoms with Crippen molar-refractivity contribution in [3.63, 3.8) is 0 Å². The molecule has 0 rings (SSSR count). The normalized spacial score (nSPS) is 9.11. The lowest BCUT2D eigenvalue weighted by molar-refractivity contribution is -0.137. The highest BCUT2D eigenvalue weighted by atomic mass is 16.4. The average Bonchev–Trinajstić information content (AvgIpc) is 2.39. The molecule has 0 radical (unpaired) electrons. The van der Waals surface area contributed by atoms with Gasteiger partial charge in [-0.15, -0.1) is 11.8 Å². The molecule has 0 spiro atoms. The largest absolute Gasteiger partial charge is 0.481 e. The van der Waals surface area contributed by atoms with E-state index in [-0.39, 0.29) is 6.42 Å². The van der Waals surface area contributed by atoms with Gasteiger partial charge in [0.15, 0.2) is 0 Å². The molecule has 0 atom stereocenters. The van der Waals surface area contributed by atoms with Crippen molar-refractivity contribution in [1.29, 1.82) is 0 Å². The molecule has 0 bridgehead atoms. The molecule has 2 nitrogen and oxygen atoms in total. The van der Waals surface area contributed by atoms with Gasteiger partial charge in [-0.2, -0.15) is 0 Å². The topological polar surface area (TPSA) is 37.3 Å². The Bertz CT molecular complexity index is 336. The van der Waals surface area contributed by atoms with E-state index in [0.717, 1.165) is 19.3 Å². The maximum Gasteiger partial charge on any atom is 0.303 e. The minimum atomic E-state index is -0.724. The van der Waals surface area contributed by atoms with Gasteiger partial charge in [-0.1, -0.05) is 44.4 Å². The van der Waals surface area contributed by atoms with Gasteiger partial charge in [0.2, 0.25) is 0 Å². The van der Waals surface area contributed by atoms with Gasteiger partial charge < -0.3 is 5.11 Å². The monoisotopic (exact) mass is 262 g/mol. The zero-order valence-corrected chi connectivity index (χ0v) is 12.1. The second-order valence-corrected chi connectivity index (χ2v) is 4.65. The highest BCUT2D eigenvalue weighted by Gasteiger charge is 1.93. The number of carbonyl (C=O) groups is 1.